The Morgan fingerprint density at radius 2 is 1.32 bits per heavy atom. The van der Waals surface area contributed by atoms with E-state index in [-0.39, 0.29) is 37.3 Å². The molecule has 2 heterocycles. The molecule has 528 valence electrons. The lowest BCUT2D eigenvalue weighted by molar-refractivity contribution is -0.351. The molecule has 9 rings (SSSR count). The number of ether oxygens (including phenoxy) is 8. The van der Waals surface area contributed by atoms with Crippen molar-refractivity contribution in [2.24, 2.45) is 34.5 Å². The fourth-order valence-corrected chi connectivity index (χ4v) is 16.4. The van der Waals surface area contributed by atoms with Gasteiger partial charge in [0.2, 0.25) is 6.10 Å². The second kappa shape index (κ2) is 31.2. The summed E-state index contributed by atoms with van der Waals surface area (Å²) >= 11 is 0. The molecule has 97 heavy (non-hydrogen) atoms. The van der Waals surface area contributed by atoms with Crippen molar-refractivity contribution >= 4 is 35.6 Å². The summed E-state index contributed by atoms with van der Waals surface area (Å²) in [5, 5.41) is 30.1. The van der Waals surface area contributed by atoms with E-state index in [9.17, 15) is 29.4 Å². The molecule has 0 amide bonds. The number of hydrogen-bond donors (Lipinski definition) is 3. The summed E-state index contributed by atoms with van der Waals surface area (Å²) in [5.74, 6) is -3.11. The van der Waals surface area contributed by atoms with Crippen LogP contribution in [-0.2, 0) is 76.8 Å². The summed E-state index contributed by atoms with van der Waals surface area (Å²) in [5.41, 5.74) is -1.80. The topological polar surface area (TPSA) is 229 Å². The number of aliphatic hydroxyl groups excluding tert-OH is 1. The fraction of sp³-hybridized carbons (Fsp3) is 0.600. The van der Waals surface area contributed by atoms with Crippen molar-refractivity contribution in [3.63, 3.8) is 0 Å². The molecule has 1 saturated heterocycles. The van der Waals surface area contributed by atoms with E-state index < -0.39 is 131 Å². The van der Waals surface area contributed by atoms with Gasteiger partial charge in [-0.2, -0.15) is 0 Å². The first kappa shape index (κ1) is 74.5. The van der Waals surface area contributed by atoms with Crippen LogP contribution in [0, 0.1) is 55.3 Å². The fourth-order valence-electron chi connectivity index (χ4n) is 16.4. The average molecular weight is 1340 g/mol. The smallest absolute Gasteiger partial charge is 0.350 e. The Balaban J connectivity index is 0.993. The number of benzene rings is 4. The molecule has 0 radical (unpaired) electrons. The normalized spacial score (nSPS) is 27.6. The lowest BCUT2D eigenvalue weighted by Gasteiger charge is -2.67. The third-order valence-corrected chi connectivity index (χ3v) is 22.4. The van der Waals surface area contributed by atoms with E-state index in [2.05, 4.69) is 39.9 Å². The summed E-state index contributed by atoms with van der Waals surface area (Å²) < 4.78 is 51.6. The molecule has 5 aliphatic rings. The Hall–Kier alpha value is -6.76. The largest absolute Gasteiger partial charge is 0.487 e. The van der Waals surface area contributed by atoms with Gasteiger partial charge in [-0.3, -0.25) is 24.0 Å². The Bertz CT molecular complexity index is 3480. The Kier molecular flexibility index (Phi) is 23.9. The molecule has 3 fully saturated rings. The van der Waals surface area contributed by atoms with Gasteiger partial charge in [-0.15, -0.1) is 0 Å². The van der Waals surface area contributed by atoms with Crippen molar-refractivity contribution in [2.45, 2.75) is 266 Å². The Morgan fingerprint density at radius 1 is 0.722 bits per heavy atom. The molecule has 3 N–H and O–H groups in total. The van der Waals surface area contributed by atoms with Crippen LogP contribution in [0.1, 0.15) is 211 Å². The molecule has 17 nitrogen and oxygen atoms in total. The second-order valence-electron chi connectivity index (χ2n) is 30.3. The molecule has 4 aromatic rings. The highest BCUT2D eigenvalue weighted by Crippen LogP contribution is 2.65. The van der Waals surface area contributed by atoms with Gasteiger partial charge in [-0.1, -0.05) is 177 Å². The zero-order valence-corrected chi connectivity index (χ0v) is 59.8. The first-order valence-corrected chi connectivity index (χ1v) is 35.5. The average Bonchev–Trinajstić information content (AvgIpc) is 0.670. The predicted molar refractivity (Wildman–Crippen MR) is 368 cm³/mol. The maximum absolute atomic E-state index is 16.0. The number of hydrogen-bond acceptors (Lipinski definition) is 17. The highest BCUT2D eigenvalue weighted by molar-refractivity contribution is 5.95. The standard InChI is InChI=1S/C80H107NO16/c1-48(2)27-24-28-49(3)29-25-30-50(4)31-26-41-77(13)42-40-60-51(5)52(6)68(54(8)69(60)97-77)94-64(85)38-39-65(86)95-71(67(59-36-22-17-23-37-59)81-45-57-32-18-15-19-33-57)75(88)93-61-44-80(89)74(90-46-58-34-20-16-21-35-58)72-78(14,62(84)43-63-79(72,47-91-63)96-56(10)83)73(87)70(92-55(9)82)66(53(61)7)76(80,11)12/h15-23,32-37,48-50,61-63,67,70-72,74,81,84,89H,24-31,38-47H2,1-14H3/t49-,50-,61-,62-,63+,67-,70+,71+,72-,74-,77?,78+,79-,80+/m0/s1. The van der Waals surface area contributed by atoms with E-state index in [4.69, 9.17) is 37.9 Å². The van der Waals surface area contributed by atoms with E-state index in [0.29, 0.717) is 28.4 Å². The zero-order chi connectivity index (χ0) is 70.4. The van der Waals surface area contributed by atoms with Gasteiger partial charge in [0.25, 0.3) is 0 Å². The SMILES string of the molecule is CC(=O)O[C@H]1C(=O)[C@@]2(C)[C@H]([C@H](OCc3ccccc3)[C@]3(O)C[C@H](OC(=O)[C@H](OC(=O)CCC(=O)Oc4c(C)c(C)c5c(c4C)OC(C)(CCC[C@@H](C)CCC[C@@H](C)CCCC(C)C)CC5)[C@@H](NCc4ccccc4)c4ccccc4)C(C)=C1C3(C)C)[C@]1(OC(C)=O)CO[C@@H]1C[C@@H]2O. The number of aliphatic hydroxyl groups is 2. The lowest BCUT2D eigenvalue weighted by Crippen LogP contribution is -2.81. The number of ketones is 1. The van der Waals surface area contributed by atoms with Crippen LogP contribution in [0.3, 0.4) is 0 Å². The highest BCUT2D eigenvalue weighted by Gasteiger charge is 2.78. The Morgan fingerprint density at radius 3 is 1.92 bits per heavy atom. The van der Waals surface area contributed by atoms with Crippen LogP contribution in [-0.4, -0.2) is 106 Å². The van der Waals surface area contributed by atoms with Gasteiger partial charge < -0.3 is 53.4 Å². The van der Waals surface area contributed by atoms with Crippen molar-refractivity contribution in [3.8, 4) is 11.5 Å². The van der Waals surface area contributed by atoms with Crippen molar-refractivity contribution in [2.75, 3.05) is 6.61 Å². The zero-order valence-electron chi connectivity index (χ0n) is 59.8. The number of carbonyl (C=O) groups excluding carboxylic acids is 6. The number of nitrogens with one attached hydrogen (secondary N) is 1. The predicted octanol–water partition coefficient (Wildman–Crippen LogP) is 13.8. The highest BCUT2D eigenvalue weighted by atomic mass is 16.6. The van der Waals surface area contributed by atoms with Crippen LogP contribution in [0.2, 0.25) is 0 Å². The van der Waals surface area contributed by atoms with Gasteiger partial charge in [0.15, 0.2) is 17.5 Å². The van der Waals surface area contributed by atoms with Crippen LogP contribution < -0.4 is 14.8 Å². The first-order chi connectivity index (χ1) is 45.9. The number of Topliss-reactive ketones (excluding diaryl/α,β-unsaturated/α-hetero) is 1. The molecule has 0 aromatic heterocycles. The van der Waals surface area contributed by atoms with Crippen LogP contribution in [0.4, 0.5) is 0 Å². The van der Waals surface area contributed by atoms with Gasteiger partial charge in [0.05, 0.1) is 49.7 Å². The van der Waals surface area contributed by atoms with E-state index in [1.807, 2.05) is 87.5 Å². The third kappa shape index (κ3) is 16.1. The van der Waals surface area contributed by atoms with Gasteiger partial charge in [-0.05, 0) is 130 Å². The quantitative estimate of drug-likeness (QED) is 0.0199. The maximum atomic E-state index is 16.0. The molecular weight excluding hydrogens is 1230 g/mol. The van der Waals surface area contributed by atoms with Crippen molar-refractivity contribution in [3.05, 3.63) is 141 Å². The molecular formula is C80H107NO16. The number of carbonyl (C=O) groups is 6. The number of rotatable bonds is 29. The van der Waals surface area contributed by atoms with E-state index in [0.717, 1.165) is 78.9 Å². The van der Waals surface area contributed by atoms with E-state index in [1.54, 1.807) is 45.0 Å². The monoisotopic (exact) mass is 1340 g/mol. The molecule has 0 spiro atoms. The summed E-state index contributed by atoms with van der Waals surface area (Å²) in [6.45, 7) is 26.1. The Labute approximate surface area is 574 Å². The molecule has 4 aromatic carbocycles. The summed E-state index contributed by atoms with van der Waals surface area (Å²) in [6.07, 6.45) is 2.02. The summed E-state index contributed by atoms with van der Waals surface area (Å²) in [7, 11) is 0. The minimum atomic E-state index is -2.23. The van der Waals surface area contributed by atoms with Gasteiger partial charge in [0, 0.05) is 50.1 Å². The summed E-state index contributed by atoms with van der Waals surface area (Å²) in [4.78, 5) is 87.4. The molecule has 2 aliphatic heterocycles. The lowest BCUT2D eigenvalue weighted by atomic mass is 9.44. The summed E-state index contributed by atoms with van der Waals surface area (Å²) in [6, 6.07) is 26.4. The number of fused-ring (bicyclic) bond motifs is 6. The molecule has 2 bridgehead atoms. The third-order valence-electron chi connectivity index (χ3n) is 22.4. The molecule has 17 heteroatoms. The van der Waals surface area contributed by atoms with Crippen LogP contribution in [0.5, 0.6) is 11.5 Å². The maximum Gasteiger partial charge on any atom is 0.350 e. The molecule has 1 unspecified atom stereocenters. The van der Waals surface area contributed by atoms with E-state index in [1.165, 1.54) is 52.4 Å². The number of esters is 5. The minimum Gasteiger partial charge on any atom is -0.487 e. The van der Waals surface area contributed by atoms with Crippen LogP contribution >= 0.6 is 0 Å². The molecule has 3 aliphatic carbocycles. The van der Waals surface area contributed by atoms with Crippen molar-refractivity contribution in [1.29, 1.82) is 0 Å². The van der Waals surface area contributed by atoms with Crippen LogP contribution in [0.25, 0.3) is 0 Å². The molecule has 2 saturated carbocycles. The van der Waals surface area contributed by atoms with Gasteiger partial charge >= 0.3 is 29.8 Å². The minimum absolute atomic E-state index is 0.0980. The van der Waals surface area contributed by atoms with E-state index >= 15 is 9.59 Å². The van der Waals surface area contributed by atoms with Gasteiger partial charge in [0.1, 0.15) is 34.9 Å². The second-order valence-corrected chi connectivity index (χ2v) is 30.3. The van der Waals surface area contributed by atoms with Gasteiger partial charge in [-0.25, -0.2) is 4.79 Å². The molecule has 14 atom stereocenters. The van der Waals surface area contributed by atoms with Crippen LogP contribution in [0.15, 0.2) is 102 Å². The van der Waals surface area contributed by atoms with Crippen molar-refractivity contribution in [1.82, 2.24) is 5.32 Å². The first-order valence-electron chi connectivity index (χ1n) is 35.5. The van der Waals surface area contributed by atoms with Crippen molar-refractivity contribution < 1.29 is 76.9 Å².